The summed E-state index contributed by atoms with van der Waals surface area (Å²) in [6, 6.07) is 7.49. The largest absolute Gasteiger partial charge is 0.385 e. The van der Waals surface area contributed by atoms with Crippen molar-refractivity contribution in [3.05, 3.63) is 29.3 Å². The number of fused-ring (bicyclic) bond motifs is 1. The molecule has 2 nitrogen and oxygen atoms in total. The Morgan fingerprint density at radius 3 is 3.00 bits per heavy atom. The summed E-state index contributed by atoms with van der Waals surface area (Å²) in [6.45, 7) is 4.47. The summed E-state index contributed by atoms with van der Waals surface area (Å²) in [5.74, 6) is 0.705. The summed E-state index contributed by atoms with van der Waals surface area (Å²) in [5, 5.41) is 7.20. The highest BCUT2D eigenvalue weighted by Crippen LogP contribution is 2.33. The molecule has 2 heteroatoms. The van der Waals surface area contributed by atoms with Crippen molar-refractivity contribution < 1.29 is 0 Å². The topological polar surface area (TPSA) is 24.1 Å². The second kappa shape index (κ2) is 4.10. The van der Waals surface area contributed by atoms with E-state index in [1.807, 2.05) is 0 Å². The molecule has 1 unspecified atom stereocenters. The van der Waals surface area contributed by atoms with Crippen LogP contribution in [0.2, 0.25) is 0 Å². The van der Waals surface area contributed by atoms with Crippen LogP contribution in [0.3, 0.4) is 0 Å². The molecule has 1 aromatic rings. The maximum absolute atomic E-state index is 3.66. The molecule has 3 rings (SSSR count). The van der Waals surface area contributed by atoms with Crippen molar-refractivity contribution in [3.8, 4) is 0 Å². The first-order valence-corrected chi connectivity index (χ1v) is 6.41. The van der Waals surface area contributed by atoms with E-state index in [0.717, 1.165) is 19.1 Å². The fourth-order valence-electron chi connectivity index (χ4n) is 2.61. The lowest BCUT2D eigenvalue weighted by Gasteiger charge is -2.28. The Morgan fingerprint density at radius 1 is 1.31 bits per heavy atom. The van der Waals surface area contributed by atoms with Gasteiger partial charge in [0.2, 0.25) is 0 Å². The number of hydrogen-bond donors (Lipinski definition) is 2. The van der Waals surface area contributed by atoms with Gasteiger partial charge in [0.25, 0.3) is 0 Å². The molecule has 0 bridgehead atoms. The zero-order valence-electron chi connectivity index (χ0n) is 9.92. The second-order valence-electron chi connectivity index (χ2n) is 5.13. The quantitative estimate of drug-likeness (QED) is 0.811. The van der Waals surface area contributed by atoms with Crippen molar-refractivity contribution >= 4 is 5.69 Å². The lowest BCUT2D eigenvalue weighted by Crippen LogP contribution is -2.28. The molecular weight excluding hydrogens is 196 g/mol. The molecule has 1 saturated carbocycles. The van der Waals surface area contributed by atoms with E-state index in [4.69, 9.17) is 0 Å². The van der Waals surface area contributed by atoms with Crippen molar-refractivity contribution in [2.75, 3.05) is 18.4 Å². The average molecular weight is 216 g/mol. The van der Waals surface area contributed by atoms with E-state index in [-0.39, 0.29) is 0 Å². The molecule has 1 aromatic carbocycles. The number of aryl methyl sites for hydroxylation is 1. The number of nitrogens with one attached hydrogen (secondary N) is 2. The van der Waals surface area contributed by atoms with Crippen molar-refractivity contribution in [3.63, 3.8) is 0 Å². The van der Waals surface area contributed by atoms with Crippen LogP contribution in [-0.4, -0.2) is 19.1 Å². The number of rotatable bonds is 3. The molecule has 1 aliphatic heterocycles. The molecule has 1 heterocycles. The average Bonchev–Trinajstić information content (AvgIpc) is 3.11. The molecule has 86 valence electrons. The minimum absolute atomic E-state index is 0.705. The zero-order chi connectivity index (χ0) is 11.0. The van der Waals surface area contributed by atoms with Gasteiger partial charge in [-0.05, 0) is 37.3 Å². The molecule has 0 radical (unpaired) electrons. The molecule has 16 heavy (non-hydrogen) atoms. The first-order chi connectivity index (χ1) is 7.84. The van der Waals surface area contributed by atoms with E-state index in [1.54, 1.807) is 0 Å². The third-order valence-electron chi connectivity index (χ3n) is 3.77. The van der Waals surface area contributed by atoms with E-state index in [2.05, 4.69) is 35.8 Å². The van der Waals surface area contributed by atoms with Crippen LogP contribution in [0.25, 0.3) is 0 Å². The summed E-state index contributed by atoms with van der Waals surface area (Å²) < 4.78 is 0. The molecule has 1 aliphatic carbocycles. The monoisotopic (exact) mass is 216 g/mol. The normalized spacial score (nSPS) is 23.7. The van der Waals surface area contributed by atoms with Crippen LogP contribution in [0, 0.1) is 6.92 Å². The Labute approximate surface area is 97.4 Å². The summed E-state index contributed by atoms with van der Waals surface area (Å²) in [4.78, 5) is 0. The van der Waals surface area contributed by atoms with Gasteiger partial charge in [0.05, 0.1) is 0 Å². The fraction of sp³-hybridized carbons (Fsp3) is 0.571. The molecule has 0 saturated heterocycles. The van der Waals surface area contributed by atoms with E-state index in [9.17, 15) is 0 Å². The van der Waals surface area contributed by atoms with E-state index >= 15 is 0 Å². The van der Waals surface area contributed by atoms with Crippen molar-refractivity contribution in [1.82, 2.24) is 5.32 Å². The Bertz CT molecular complexity index is 382. The first kappa shape index (κ1) is 10.2. The van der Waals surface area contributed by atoms with E-state index in [0.29, 0.717) is 5.92 Å². The van der Waals surface area contributed by atoms with Crippen LogP contribution < -0.4 is 10.6 Å². The van der Waals surface area contributed by atoms with Gasteiger partial charge in [0.1, 0.15) is 0 Å². The molecule has 0 amide bonds. The number of anilines is 1. The SMILES string of the molecule is Cc1cccc2c1NCCC2CNC1CC1. The van der Waals surface area contributed by atoms with Crippen molar-refractivity contribution in [1.29, 1.82) is 0 Å². The minimum Gasteiger partial charge on any atom is -0.385 e. The van der Waals surface area contributed by atoms with Crippen LogP contribution in [0.4, 0.5) is 5.69 Å². The summed E-state index contributed by atoms with van der Waals surface area (Å²) in [7, 11) is 0. The van der Waals surface area contributed by atoms with Gasteiger partial charge >= 0.3 is 0 Å². The molecule has 1 atom stereocenters. The maximum Gasteiger partial charge on any atom is 0.0405 e. The van der Waals surface area contributed by atoms with Crippen molar-refractivity contribution in [2.24, 2.45) is 0 Å². The molecular formula is C14H20N2. The molecule has 2 N–H and O–H groups in total. The van der Waals surface area contributed by atoms with E-state index in [1.165, 1.54) is 36.1 Å². The lowest BCUT2D eigenvalue weighted by atomic mass is 9.89. The Morgan fingerprint density at radius 2 is 2.19 bits per heavy atom. The highest BCUT2D eigenvalue weighted by molar-refractivity contribution is 5.60. The van der Waals surface area contributed by atoms with Gasteiger partial charge in [0.15, 0.2) is 0 Å². The lowest BCUT2D eigenvalue weighted by molar-refractivity contribution is 0.549. The van der Waals surface area contributed by atoms with Gasteiger partial charge in [-0.25, -0.2) is 0 Å². The Balaban J connectivity index is 1.78. The Kier molecular flexibility index (Phi) is 2.60. The van der Waals surface area contributed by atoms with Gasteiger partial charge in [-0.15, -0.1) is 0 Å². The van der Waals surface area contributed by atoms with Gasteiger partial charge in [-0.3, -0.25) is 0 Å². The highest BCUT2D eigenvalue weighted by atomic mass is 15.0. The molecule has 2 aliphatic rings. The van der Waals surface area contributed by atoms with Crippen LogP contribution in [0.15, 0.2) is 18.2 Å². The molecule has 0 aromatic heterocycles. The maximum atomic E-state index is 3.66. The van der Waals surface area contributed by atoms with Crippen LogP contribution in [0.5, 0.6) is 0 Å². The van der Waals surface area contributed by atoms with Gasteiger partial charge in [0, 0.05) is 30.7 Å². The van der Waals surface area contributed by atoms with Crippen LogP contribution in [-0.2, 0) is 0 Å². The fourth-order valence-corrected chi connectivity index (χ4v) is 2.61. The standard InChI is InChI=1S/C14H20N2/c1-10-3-2-4-13-11(7-8-15-14(10)13)9-16-12-5-6-12/h2-4,11-12,15-16H,5-9H2,1H3. The number of benzene rings is 1. The van der Waals surface area contributed by atoms with Gasteiger partial charge in [-0.1, -0.05) is 18.2 Å². The number of para-hydroxylation sites is 1. The Hall–Kier alpha value is -1.02. The summed E-state index contributed by atoms with van der Waals surface area (Å²) >= 11 is 0. The van der Waals surface area contributed by atoms with E-state index < -0.39 is 0 Å². The third kappa shape index (κ3) is 1.94. The van der Waals surface area contributed by atoms with Crippen LogP contribution in [0.1, 0.15) is 36.3 Å². The van der Waals surface area contributed by atoms with Gasteiger partial charge < -0.3 is 10.6 Å². The summed E-state index contributed by atoms with van der Waals surface area (Å²) in [5.41, 5.74) is 4.28. The summed E-state index contributed by atoms with van der Waals surface area (Å²) in [6.07, 6.45) is 4.02. The van der Waals surface area contributed by atoms with Gasteiger partial charge in [-0.2, -0.15) is 0 Å². The predicted molar refractivity (Wildman–Crippen MR) is 68.1 cm³/mol. The smallest absolute Gasteiger partial charge is 0.0405 e. The zero-order valence-corrected chi connectivity index (χ0v) is 9.92. The second-order valence-corrected chi connectivity index (χ2v) is 5.13. The number of hydrogen-bond acceptors (Lipinski definition) is 2. The minimum atomic E-state index is 0.705. The predicted octanol–water partition coefficient (Wildman–Crippen LogP) is 2.65. The first-order valence-electron chi connectivity index (χ1n) is 6.41. The van der Waals surface area contributed by atoms with Crippen LogP contribution >= 0.6 is 0 Å². The third-order valence-corrected chi connectivity index (χ3v) is 3.77. The van der Waals surface area contributed by atoms with Crippen molar-refractivity contribution in [2.45, 2.75) is 38.1 Å². The molecule has 0 spiro atoms. The highest BCUT2D eigenvalue weighted by Gasteiger charge is 2.25. The molecule has 1 fully saturated rings.